The number of benzene rings is 2. The van der Waals surface area contributed by atoms with E-state index in [2.05, 4.69) is 5.32 Å². The molecule has 2 atom stereocenters. The Morgan fingerprint density at radius 2 is 1.90 bits per heavy atom. The lowest BCUT2D eigenvalue weighted by atomic mass is 9.99. The number of aliphatic hydroxyl groups excluding tert-OH is 1. The first-order valence-corrected chi connectivity index (χ1v) is 6.85. The quantitative estimate of drug-likeness (QED) is 0.742. The zero-order valence-electron chi connectivity index (χ0n) is 10.8. The number of rotatable bonds is 5. The molecule has 0 aliphatic carbocycles. The maximum absolute atomic E-state index is 10.8. The van der Waals surface area contributed by atoms with Gasteiger partial charge in [-0.2, -0.15) is 0 Å². The van der Waals surface area contributed by atoms with Crippen LogP contribution in [0.5, 0.6) is 0 Å². The fraction of sp³-hybridized carbons (Fsp3) is 0.267. The molecule has 0 saturated heterocycles. The van der Waals surface area contributed by atoms with Crippen molar-refractivity contribution in [1.82, 2.24) is 5.32 Å². The lowest BCUT2D eigenvalue weighted by Gasteiger charge is -2.21. The minimum absolute atomic E-state index is 0.0153. The smallest absolute Gasteiger partial charge is 0.404 e. The van der Waals surface area contributed by atoms with E-state index in [1.54, 1.807) is 0 Å². The molecule has 20 heavy (non-hydrogen) atoms. The van der Waals surface area contributed by atoms with Crippen LogP contribution in [0.1, 0.15) is 5.56 Å². The fourth-order valence-electron chi connectivity index (χ4n) is 2.17. The van der Waals surface area contributed by atoms with Crippen LogP contribution >= 0.6 is 11.6 Å². The third kappa shape index (κ3) is 3.62. The highest BCUT2D eigenvalue weighted by molar-refractivity contribution is 6.18. The summed E-state index contributed by atoms with van der Waals surface area (Å²) >= 11 is 5.61. The second kappa shape index (κ2) is 6.59. The molecule has 0 heterocycles. The first-order valence-electron chi connectivity index (χ1n) is 6.31. The normalized spacial score (nSPS) is 13.9. The molecule has 106 valence electrons. The average Bonchev–Trinajstić information content (AvgIpc) is 2.45. The summed E-state index contributed by atoms with van der Waals surface area (Å²) < 4.78 is 0. The standard InChI is InChI=1S/C15H16ClNO3/c16-9-14(18)13(17-15(19)20)8-10-5-6-11-3-1-2-4-12(11)7-10/h1-7,13-14,17-18H,8-9H2,(H,19,20)/t13-,14+/m0/s1. The summed E-state index contributed by atoms with van der Waals surface area (Å²) in [6.45, 7) is 0. The van der Waals surface area contributed by atoms with Crippen LogP contribution in [-0.4, -0.2) is 34.3 Å². The van der Waals surface area contributed by atoms with Gasteiger partial charge in [0.1, 0.15) is 0 Å². The lowest BCUT2D eigenvalue weighted by Crippen LogP contribution is -2.45. The third-order valence-electron chi connectivity index (χ3n) is 3.20. The fourth-order valence-corrected chi connectivity index (χ4v) is 2.38. The van der Waals surface area contributed by atoms with Crippen LogP contribution in [0.25, 0.3) is 10.8 Å². The molecule has 0 aliphatic rings. The molecule has 0 spiro atoms. The van der Waals surface area contributed by atoms with E-state index in [1.807, 2.05) is 42.5 Å². The van der Waals surface area contributed by atoms with Crippen molar-refractivity contribution in [2.75, 3.05) is 5.88 Å². The van der Waals surface area contributed by atoms with Gasteiger partial charge in [-0.3, -0.25) is 0 Å². The Kier molecular flexibility index (Phi) is 4.82. The molecule has 2 rings (SSSR count). The Bertz CT molecular complexity index is 602. The predicted molar refractivity (Wildman–Crippen MR) is 79.3 cm³/mol. The second-order valence-corrected chi connectivity index (χ2v) is 4.97. The molecule has 0 bridgehead atoms. The highest BCUT2D eigenvalue weighted by Crippen LogP contribution is 2.17. The van der Waals surface area contributed by atoms with E-state index in [-0.39, 0.29) is 5.88 Å². The molecule has 1 amide bonds. The number of hydrogen-bond donors (Lipinski definition) is 3. The van der Waals surface area contributed by atoms with Gasteiger partial charge in [-0.1, -0.05) is 42.5 Å². The highest BCUT2D eigenvalue weighted by atomic mass is 35.5. The second-order valence-electron chi connectivity index (χ2n) is 4.66. The number of hydrogen-bond acceptors (Lipinski definition) is 2. The first kappa shape index (κ1) is 14.6. The Labute approximate surface area is 122 Å². The van der Waals surface area contributed by atoms with Gasteiger partial charge in [0.05, 0.1) is 18.0 Å². The molecule has 2 aromatic rings. The van der Waals surface area contributed by atoms with E-state index >= 15 is 0 Å². The van der Waals surface area contributed by atoms with Crippen molar-refractivity contribution < 1.29 is 15.0 Å². The van der Waals surface area contributed by atoms with Crippen molar-refractivity contribution in [3.63, 3.8) is 0 Å². The maximum atomic E-state index is 10.8. The van der Waals surface area contributed by atoms with Gasteiger partial charge in [-0.25, -0.2) is 4.79 Å². The Morgan fingerprint density at radius 3 is 2.55 bits per heavy atom. The maximum Gasteiger partial charge on any atom is 0.404 e. The highest BCUT2D eigenvalue weighted by Gasteiger charge is 2.20. The van der Waals surface area contributed by atoms with Gasteiger partial charge in [-0.15, -0.1) is 11.6 Å². The molecule has 4 nitrogen and oxygen atoms in total. The molecule has 3 N–H and O–H groups in total. The van der Waals surface area contributed by atoms with Crippen molar-refractivity contribution >= 4 is 28.5 Å². The van der Waals surface area contributed by atoms with E-state index in [1.165, 1.54) is 0 Å². The molecular formula is C15H16ClNO3. The number of carbonyl (C=O) groups is 1. The van der Waals surface area contributed by atoms with Crippen molar-refractivity contribution in [2.45, 2.75) is 18.6 Å². The minimum Gasteiger partial charge on any atom is -0.465 e. The molecule has 2 aromatic carbocycles. The van der Waals surface area contributed by atoms with Crippen LogP contribution in [0.4, 0.5) is 4.79 Å². The molecule has 0 aliphatic heterocycles. The van der Waals surface area contributed by atoms with Crippen LogP contribution in [-0.2, 0) is 6.42 Å². The summed E-state index contributed by atoms with van der Waals surface area (Å²) in [6.07, 6.45) is -1.69. The van der Waals surface area contributed by atoms with Gasteiger partial charge in [-0.05, 0) is 22.8 Å². The third-order valence-corrected chi connectivity index (χ3v) is 3.52. The van der Waals surface area contributed by atoms with Crippen LogP contribution in [0, 0.1) is 0 Å². The summed E-state index contributed by atoms with van der Waals surface area (Å²) in [7, 11) is 0. The summed E-state index contributed by atoms with van der Waals surface area (Å²) in [5, 5.41) is 23.1. The van der Waals surface area contributed by atoms with Crippen molar-refractivity contribution in [1.29, 1.82) is 0 Å². The van der Waals surface area contributed by atoms with Gasteiger partial charge in [0.15, 0.2) is 0 Å². The monoisotopic (exact) mass is 293 g/mol. The van der Waals surface area contributed by atoms with Crippen molar-refractivity contribution in [3.8, 4) is 0 Å². The number of carboxylic acid groups (broad SMARTS) is 1. The summed E-state index contributed by atoms with van der Waals surface area (Å²) in [6, 6.07) is 13.2. The van der Waals surface area contributed by atoms with Crippen molar-refractivity contribution in [2.24, 2.45) is 0 Å². The summed E-state index contributed by atoms with van der Waals surface area (Å²) in [4.78, 5) is 10.8. The molecule has 0 aromatic heterocycles. The Balaban J connectivity index is 2.21. The molecule has 0 saturated carbocycles. The van der Waals surface area contributed by atoms with Crippen LogP contribution < -0.4 is 5.32 Å². The Morgan fingerprint density at radius 1 is 1.20 bits per heavy atom. The zero-order chi connectivity index (χ0) is 14.5. The zero-order valence-corrected chi connectivity index (χ0v) is 11.5. The summed E-state index contributed by atoms with van der Waals surface area (Å²) in [5.74, 6) is -0.0153. The SMILES string of the molecule is O=C(O)N[C@@H](Cc1ccc2ccccc2c1)[C@H](O)CCl. The first-order chi connectivity index (χ1) is 9.60. The number of halogens is 1. The van der Waals surface area contributed by atoms with Gasteiger partial charge >= 0.3 is 6.09 Å². The topological polar surface area (TPSA) is 69.6 Å². The van der Waals surface area contributed by atoms with E-state index in [0.717, 1.165) is 16.3 Å². The molecular weight excluding hydrogens is 278 g/mol. The minimum atomic E-state index is -1.17. The molecule has 5 heteroatoms. The number of amides is 1. The number of aliphatic hydroxyl groups is 1. The van der Waals surface area contributed by atoms with E-state index < -0.39 is 18.2 Å². The van der Waals surface area contributed by atoms with Gasteiger partial charge < -0.3 is 15.5 Å². The number of fused-ring (bicyclic) bond motifs is 1. The van der Waals surface area contributed by atoms with Crippen LogP contribution in [0.2, 0.25) is 0 Å². The average molecular weight is 294 g/mol. The molecule has 0 fully saturated rings. The molecule has 0 radical (unpaired) electrons. The van der Waals surface area contributed by atoms with Crippen molar-refractivity contribution in [3.05, 3.63) is 48.0 Å². The lowest BCUT2D eigenvalue weighted by molar-refractivity contribution is 0.135. The number of nitrogens with one attached hydrogen (secondary N) is 1. The van der Waals surface area contributed by atoms with Gasteiger partial charge in [0, 0.05) is 0 Å². The van der Waals surface area contributed by atoms with E-state index in [9.17, 15) is 9.90 Å². The predicted octanol–water partition coefficient (Wildman–Crippen LogP) is 2.62. The van der Waals surface area contributed by atoms with Gasteiger partial charge in [0.2, 0.25) is 0 Å². The number of alkyl halides is 1. The van der Waals surface area contributed by atoms with Crippen LogP contribution in [0.3, 0.4) is 0 Å². The summed E-state index contributed by atoms with van der Waals surface area (Å²) in [5.41, 5.74) is 0.951. The van der Waals surface area contributed by atoms with E-state index in [4.69, 9.17) is 16.7 Å². The Hall–Kier alpha value is -1.78. The molecule has 0 unspecified atom stereocenters. The largest absolute Gasteiger partial charge is 0.465 e. The van der Waals surface area contributed by atoms with Crippen LogP contribution in [0.15, 0.2) is 42.5 Å². The van der Waals surface area contributed by atoms with Gasteiger partial charge in [0.25, 0.3) is 0 Å². The van der Waals surface area contributed by atoms with E-state index in [0.29, 0.717) is 6.42 Å².